The normalized spacial score (nSPS) is 19.5. The van der Waals surface area contributed by atoms with Crippen LogP contribution in [0.15, 0.2) is 29.2 Å². The lowest BCUT2D eigenvalue weighted by molar-refractivity contribution is 0.0920. The molecule has 0 unspecified atom stereocenters. The molecule has 142 valence electrons. The van der Waals surface area contributed by atoms with E-state index in [0.717, 1.165) is 19.6 Å². The van der Waals surface area contributed by atoms with Gasteiger partial charge in [-0.05, 0) is 56.5 Å². The molecule has 0 saturated carbocycles. The summed E-state index contributed by atoms with van der Waals surface area (Å²) >= 11 is 0. The Kier molecular flexibility index (Phi) is 7.21. The summed E-state index contributed by atoms with van der Waals surface area (Å²) in [5.41, 5.74) is 0.430. The van der Waals surface area contributed by atoms with Gasteiger partial charge in [-0.25, -0.2) is 8.42 Å². The summed E-state index contributed by atoms with van der Waals surface area (Å²) in [5.74, 6) is 2.72. The second-order valence-corrected chi connectivity index (χ2v) is 8.70. The van der Waals surface area contributed by atoms with E-state index < -0.39 is 10.0 Å². The highest BCUT2D eigenvalue weighted by molar-refractivity contribution is 7.89. The van der Waals surface area contributed by atoms with E-state index in [4.69, 9.17) is 6.42 Å². The highest BCUT2D eigenvalue weighted by Crippen LogP contribution is 2.15. The first-order valence-electron chi connectivity index (χ1n) is 8.88. The van der Waals surface area contributed by atoms with Crippen LogP contribution in [0.25, 0.3) is 0 Å². The van der Waals surface area contributed by atoms with Crippen LogP contribution in [-0.4, -0.2) is 51.4 Å². The molecule has 2 N–H and O–H groups in total. The van der Waals surface area contributed by atoms with Gasteiger partial charge in [-0.3, -0.25) is 4.79 Å². The summed E-state index contributed by atoms with van der Waals surface area (Å²) in [6, 6.07) is 5.86. The molecule has 1 amide bonds. The molecule has 1 aliphatic rings. The fourth-order valence-corrected chi connectivity index (χ4v) is 4.13. The monoisotopic (exact) mass is 377 g/mol. The SMILES string of the molecule is C#CCNS(=O)(=O)c1ccc(C(=O)N[C@@H](C)CN2CCC[C@H](C)C2)cc1. The Morgan fingerprint density at radius 1 is 1.38 bits per heavy atom. The molecule has 1 aliphatic heterocycles. The van der Waals surface area contributed by atoms with Gasteiger partial charge in [0.15, 0.2) is 0 Å². The minimum atomic E-state index is -3.64. The lowest BCUT2D eigenvalue weighted by atomic mass is 10.00. The van der Waals surface area contributed by atoms with Crippen molar-refractivity contribution in [2.24, 2.45) is 5.92 Å². The Labute approximate surface area is 156 Å². The number of nitrogens with zero attached hydrogens (tertiary/aromatic N) is 1. The van der Waals surface area contributed by atoms with E-state index in [1.807, 2.05) is 6.92 Å². The zero-order valence-electron chi connectivity index (χ0n) is 15.4. The molecular weight excluding hydrogens is 350 g/mol. The fourth-order valence-electron chi connectivity index (χ4n) is 3.20. The van der Waals surface area contributed by atoms with Gasteiger partial charge in [0.05, 0.1) is 11.4 Å². The molecule has 0 aromatic heterocycles. The van der Waals surface area contributed by atoms with Gasteiger partial charge < -0.3 is 10.2 Å². The summed E-state index contributed by atoms with van der Waals surface area (Å²) in [5, 5.41) is 2.98. The van der Waals surface area contributed by atoms with Crippen molar-refractivity contribution >= 4 is 15.9 Å². The summed E-state index contributed by atoms with van der Waals surface area (Å²) in [7, 11) is -3.64. The molecule has 0 aliphatic carbocycles. The maximum absolute atomic E-state index is 12.4. The number of likely N-dealkylation sites (tertiary alicyclic amines) is 1. The van der Waals surface area contributed by atoms with Crippen molar-refractivity contribution in [3.63, 3.8) is 0 Å². The summed E-state index contributed by atoms with van der Waals surface area (Å²) in [6.45, 7) is 7.12. The van der Waals surface area contributed by atoms with Gasteiger partial charge in [-0.2, -0.15) is 4.72 Å². The van der Waals surface area contributed by atoms with Crippen LogP contribution in [0.1, 0.15) is 37.0 Å². The van der Waals surface area contributed by atoms with Crippen molar-refractivity contribution in [1.82, 2.24) is 14.9 Å². The summed E-state index contributed by atoms with van der Waals surface area (Å²) < 4.78 is 26.3. The molecular formula is C19H27N3O3S. The Bertz CT molecular complexity index is 753. The molecule has 1 heterocycles. The molecule has 0 radical (unpaired) electrons. The number of sulfonamides is 1. The first kappa shape index (κ1) is 20.4. The number of piperidine rings is 1. The van der Waals surface area contributed by atoms with Crippen LogP contribution in [0.3, 0.4) is 0 Å². The van der Waals surface area contributed by atoms with Crippen LogP contribution < -0.4 is 10.0 Å². The lowest BCUT2D eigenvalue weighted by Gasteiger charge is -2.32. The quantitative estimate of drug-likeness (QED) is 0.705. The molecule has 26 heavy (non-hydrogen) atoms. The van der Waals surface area contributed by atoms with Crippen LogP contribution in [0, 0.1) is 18.3 Å². The van der Waals surface area contributed by atoms with Gasteiger partial charge in [0, 0.05) is 24.7 Å². The topological polar surface area (TPSA) is 78.5 Å². The van der Waals surface area contributed by atoms with Gasteiger partial charge in [0.25, 0.3) is 5.91 Å². The number of terminal acetylenes is 1. The molecule has 1 aromatic rings. The van der Waals surface area contributed by atoms with Crippen LogP contribution in [0.5, 0.6) is 0 Å². The molecule has 2 rings (SSSR count). The number of rotatable bonds is 7. The van der Waals surface area contributed by atoms with Crippen LogP contribution in [-0.2, 0) is 10.0 Å². The molecule has 1 aromatic carbocycles. The Morgan fingerprint density at radius 2 is 2.08 bits per heavy atom. The maximum atomic E-state index is 12.4. The minimum Gasteiger partial charge on any atom is -0.348 e. The molecule has 0 bridgehead atoms. The number of hydrogen-bond donors (Lipinski definition) is 2. The third-order valence-electron chi connectivity index (χ3n) is 4.44. The number of benzene rings is 1. The predicted molar refractivity (Wildman–Crippen MR) is 102 cm³/mol. The second-order valence-electron chi connectivity index (χ2n) is 6.93. The first-order valence-corrected chi connectivity index (χ1v) is 10.4. The number of amides is 1. The Morgan fingerprint density at radius 3 is 2.69 bits per heavy atom. The Balaban J connectivity index is 1.92. The maximum Gasteiger partial charge on any atom is 0.251 e. The highest BCUT2D eigenvalue weighted by Gasteiger charge is 2.19. The fraction of sp³-hybridized carbons (Fsp3) is 0.526. The van der Waals surface area contributed by atoms with Crippen molar-refractivity contribution in [2.45, 2.75) is 37.6 Å². The largest absolute Gasteiger partial charge is 0.348 e. The number of carbonyl (C=O) groups excluding carboxylic acids is 1. The van der Waals surface area contributed by atoms with E-state index in [2.05, 4.69) is 27.8 Å². The zero-order valence-corrected chi connectivity index (χ0v) is 16.2. The number of hydrogen-bond acceptors (Lipinski definition) is 4. The molecule has 6 nitrogen and oxygen atoms in total. The van der Waals surface area contributed by atoms with Crippen molar-refractivity contribution in [3.8, 4) is 12.3 Å². The van der Waals surface area contributed by atoms with E-state index in [1.165, 1.54) is 37.1 Å². The van der Waals surface area contributed by atoms with E-state index in [1.54, 1.807) is 0 Å². The van der Waals surface area contributed by atoms with Gasteiger partial charge in [0.2, 0.25) is 10.0 Å². The van der Waals surface area contributed by atoms with Gasteiger partial charge in [0.1, 0.15) is 0 Å². The third kappa shape index (κ3) is 5.84. The van der Waals surface area contributed by atoms with Crippen LogP contribution >= 0.6 is 0 Å². The minimum absolute atomic E-state index is 0.0218. The van der Waals surface area contributed by atoms with E-state index in [0.29, 0.717) is 11.5 Å². The lowest BCUT2D eigenvalue weighted by Crippen LogP contribution is -2.45. The molecule has 2 atom stereocenters. The van der Waals surface area contributed by atoms with E-state index in [-0.39, 0.29) is 23.4 Å². The van der Waals surface area contributed by atoms with Crippen molar-refractivity contribution in [3.05, 3.63) is 29.8 Å². The van der Waals surface area contributed by atoms with Crippen molar-refractivity contribution in [2.75, 3.05) is 26.2 Å². The van der Waals surface area contributed by atoms with Gasteiger partial charge in [-0.1, -0.05) is 12.8 Å². The van der Waals surface area contributed by atoms with Crippen LogP contribution in [0.4, 0.5) is 0 Å². The highest BCUT2D eigenvalue weighted by atomic mass is 32.2. The summed E-state index contributed by atoms with van der Waals surface area (Å²) in [6.07, 6.45) is 7.53. The Hall–Kier alpha value is -1.88. The average Bonchev–Trinajstić information content (AvgIpc) is 2.60. The standard InChI is InChI=1S/C19H27N3O3S/c1-4-11-20-26(24,25)18-9-7-17(8-10-18)19(23)21-16(3)14-22-12-5-6-15(2)13-22/h1,7-10,15-16,20H,5-6,11-14H2,2-3H3,(H,21,23)/t15-,16-/m0/s1. The number of nitrogens with one attached hydrogen (secondary N) is 2. The third-order valence-corrected chi connectivity index (χ3v) is 5.86. The average molecular weight is 378 g/mol. The molecule has 1 fully saturated rings. The van der Waals surface area contributed by atoms with Crippen LogP contribution in [0.2, 0.25) is 0 Å². The molecule has 7 heteroatoms. The summed E-state index contributed by atoms with van der Waals surface area (Å²) in [4.78, 5) is 14.8. The smallest absolute Gasteiger partial charge is 0.251 e. The molecule has 1 saturated heterocycles. The van der Waals surface area contributed by atoms with Gasteiger partial charge in [-0.15, -0.1) is 6.42 Å². The number of carbonyl (C=O) groups is 1. The van der Waals surface area contributed by atoms with Crippen molar-refractivity contribution < 1.29 is 13.2 Å². The molecule has 0 spiro atoms. The van der Waals surface area contributed by atoms with Gasteiger partial charge >= 0.3 is 0 Å². The van der Waals surface area contributed by atoms with Crippen molar-refractivity contribution in [1.29, 1.82) is 0 Å². The second kappa shape index (κ2) is 9.17. The predicted octanol–water partition coefficient (Wildman–Crippen LogP) is 1.45. The first-order chi connectivity index (χ1) is 12.3. The zero-order chi connectivity index (χ0) is 19.2. The van der Waals surface area contributed by atoms with E-state index in [9.17, 15) is 13.2 Å². The van der Waals surface area contributed by atoms with E-state index >= 15 is 0 Å².